The molecule has 0 bridgehead atoms. The SMILES string of the molecule is C/C(=C/c1cc(-c2cccc(-c3ccccc3)c2)c2cc(C(=O)OC(C)(C)C)ccc2n1)N(C=O)c1ccccc1C=O. The summed E-state index contributed by atoms with van der Waals surface area (Å²) in [6, 6.07) is 32.5. The molecule has 0 N–H and O–H groups in total. The van der Waals surface area contributed by atoms with Gasteiger partial charge >= 0.3 is 5.97 Å². The van der Waals surface area contributed by atoms with Crippen LogP contribution in [0.3, 0.4) is 0 Å². The zero-order valence-electron chi connectivity index (χ0n) is 24.6. The third-order valence-corrected chi connectivity index (χ3v) is 6.91. The fourth-order valence-electron chi connectivity index (χ4n) is 4.94. The van der Waals surface area contributed by atoms with Gasteiger partial charge in [0.25, 0.3) is 0 Å². The number of benzene rings is 4. The average molecular weight is 569 g/mol. The molecule has 1 aromatic heterocycles. The van der Waals surface area contributed by atoms with Crippen molar-refractivity contribution in [2.24, 2.45) is 0 Å². The first-order valence-corrected chi connectivity index (χ1v) is 14.0. The van der Waals surface area contributed by atoms with Crippen molar-refractivity contribution in [3.05, 3.63) is 126 Å². The molecule has 1 heterocycles. The Morgan fingerprint density at radius 3 is 2.21 bits per heavy atom. The summed E-state index contributed by atoms with van der Waals surface area (Å²) in [5.74, 6) is -0.409. The first-order valence-electron chi connectivity index (χ1n) is 14.0. The Hall–Kier alpha value is -5.36. The first kappa shape index (κ1) is 29.1. The van der Waals surface area contributed by atoms with Crippen LogP contribution in [0.1, 0.15) is 54.1 Å². The van der Waals surface area contributed by atoms with E-state index in [0.29, 0.717) is 40.1 Å². The van der Waals surface area contributed by atoms with Crippen LogP contribution in [0.2, 0.25) is 0 Å². The summed E-state index contributed by atoms with van der Waals surface area (Å²) in [5.41, 5.74) is 6.54. The number of aromatic nitrogens is 1. The normalized spacial score (nSPS) is 11.7. The molecule has 0 saturated carbocycles. The number of esters is 1. The van der Waals surface area contributed by atoms with Crippen LogP contribution in [-0.2, 0) is 9.53 Å². The van der Waals surface area contributed by atoms with Crippen LogP contribution < -0.4 is 4.90 Å². The summed E-state index contributed by atoms with van der Waals surface area (Å²) in [4.78, 5) is 43.1. The third kappa shape index (κ3) is 6.60. The van der Waals surface area contributed by atoms with Crippen molar-refractivity contribution in [2.45, 2.75) is 33.3 Å². The standard InChI is InChI=1S/C37H32N2O4/c1-25(39(24-41)35-16-9-8-13-30(35)23-40)19-31-22-32(28-15-10-14-27(20-28)26-11-6-5-7-12-26)33-21-29(17-18-34(33)38-31)36(42)43-37(2,3)4/h5-24H,1-4H3/b25-19-. The fraction of sp³-hybridized carbons (Fsp3) is 0.135. The minimum atomic E-state index is -0.629. The highest BCUT2D eigenvalue weighted by molar-refractivity contribution is 6.01. The number of aldehydes is 1. The smallest absolute Gasteiger partial charge is 0.338 e. The number of rotatable bonds is 8. The maximum Gasteiger partial charge on any atom is 0.338 e. The molecule has 6 nitrogen and oxygen atoms in total. The monoisotopic (exact) mass is 568 g/mol. The number of carbonyl (C=O) groups excluding carboxylic acids is 3. The molecule has 0 fully saturated rings. The number of ether oxygens (including phenoxy) is 1. The Balaban J connectivity index is 1.67. The van der Waals surface area contributed by atoms with E-state index in [9.17, 15) is 14.4 Å². The number of nitrogens with zero attached hydrogens (tertiary/aromatic N) is 2. The molecular weight excluding hydrogens is 536 g/mol. The number of hydrogen-bond donors (Lipinski definition) is 0. The lowest BCUT2D eigenvalue weighted by Gasteiger charge is -2.20. The van der Waals surface area contributed by atoms with Crippen molar-refractivity contribution in [3.8, 4) is 22.3 Å². The second-order valence-corrected chi connectivity index (χ2v) is 11.2. The minimum Gasteiger partial charge on any atom is -0.456 e. The van der Waals surface area contributed by atoms with Gasteiger partial charge in [0.05, 0.1) is 22.5 Å². The summed E-state index contributed by atoms with van der Waals surface area (Å²) < 4.78 is 5.64. The Labute approximate surface area is 251 Å². The number of pyridine rings is 1. The molecule has 0 atom stereocenters. The highest BCUT2D eigenvalue weighted by atomic mass is 16.6. The van der Waals surface area contributed by atoms with Crippen molar-refractivity contribution in [3.63, 3.8) is 0 Å². The van der Waals surface area contributed by atoms with Crippen molar-refractivity contribution in [2.75, 3.05) is 4.90 Å². The molecule has 43 heavy (non-hydrogen) atoms. The molecule has 0 unspecified atom stereocenters. The van der Waals surface area contributed by atoms with Crippen molar-refractivity contribution < 1.29 is 19.1 Å². The van der Waals surface area contributed by atoms with Crippen LogP contribution in [0.25, 0.3) is 39.2 Å². The first-order chi connectivity index (χ1) is 20.7. The van der Waals surface area contributed by atoms with E-state index in [1.807, 2.05) is 75.4 Å². The van der Waals surface area contributed by atoms with Crippen molar-refractivity contribution >= 4 is 41.3 Å². The molecule has 0 aliphatic rings. The molecule has 0 spiro atoms. The number of amides is 1. The van der Waals surface area contributed by atoms with Crippen LogP contribution in [0.15, 0.2) is 109 Å². The molecular formula is C37H32N2O4. The van der Waals surface area contributed by atoms with E-state index < -0.39 is 11.6 Å². The van der Waals surface area contributed by atoms with Gasteiger partial charge in [-0.05, 0) is 98.5 Å². The Morgan fingerprint density at radius 2 is 1.49 bits per heavy atom. The van der Waals surface area contributed by atoms with E-state index in [-0.39, 0.29) is 0 Å². The molecule has 4 aromatic carbocycles. The predicted octanol–water partition coefficient (Wildman–Crippen LogP) is 8.36. The summed E-state index contributed by atoms with van der Waals surface area (Å²) in [6.07, 6.45) is 3.22. The number of carbonyl (C=O) groups is 3. The summed E-state index contributed by atoms with van der Waals surface area (Å²) in [6.45, 7) is 7.31. The van der Waals surface area contributed by atoms with Gasteiger partial charge in [0.15, 0.2) is 6.29 Å². The lowest BCUT2D eigenvalue weighted by molar-refractivity contribution is -0.107. The van der Waals surface area contributed by atoms with Crippen LogP contribution in [0, 0.1) is 0 Å². The number of para-hydroxylation sites is 1. The van der Waals surface area contributed by atoms with E-state index in [1.165, 1.54) is 4.90 Å². The number of hydrogen-bond acceptors (Lipinski definition) is 5. The minimum absolute atomic E-state index is 0.405. The van der Waals surface area contributed by atoms with Gasteiger partial charge in [0, 0.05) is 16.6 Å². The Kier molecular flexibility index (Phi) is 8.30. The topological polar surface area (TPSA) is 76.6 Å². The molecule has 0 aliphatic carbocycles. The molecule has 1 amide bonds. The maximum absolute atomic E-state index is 13.0. The maximum atomic E-state index is 13.0. The van der Waals surface area contributed by atoms with Gasteiger partial charge < -0.3 is 4.74 Å². The van der Waals surface area contributed by atoms with Gasteiger partial charge in [-0.1, -0.05) is 60.7 Å². The predicted molar refractivity (Wildman–Crippen MR) is 172 cm³/mol. The highest BCUT2D eigenvalue weighted by Gasteiger charge is 2.20. The Bertz CT molecular complexity index is 1850. The number of allylic oxidation sites excluding steroid dienone is 1. The summed E-state index contributed by atoms with van der Waals surface area (Å²) in [5, 5.41) is 0.793. The van der Waals surface area contributed by atoms with E-state index >= 15 is 0 Å². The highest BCUT2D eigenvalue weighted by Crippen LogP contribution is 2.34. The molecule has 0 aliphatic heterocycles. The van der Waals surface area contributed by atoms with E-state index in [4.69, 9.17) is 9.72 Å². The quantitative estimate of drug-likeness (QED) is 0.139. The van der Waals surface area contributed by atoms with Crippen molar-refractivity contribution in [1.29, 1.82) is 0 Å². The molecule has 6 heteroatoms. The molecule has 5 aromatic rings. The van der Waals surface area contributed by atoms with E-state index in [1.54, 1.807) is 37.3 Å². The largest absolute Gasteiger partial charge is 0.456 e. The van der Waals surface area contributed by atoms with Gasteiger partial charge in [-0.25, -0.2) is 9.78 Å². The van der Waals surface area contributed by atoms with Gasteiger partial charge in [-0.15, -0.1) is 0 Å². The van der Waals surface area contributed by atoms with Gasteiger partial charge in [-0.2, -0.15) is 0 Å². The third-order valence-electron chi connectivity index (χ3n) is 6.91. The fourth-order valence-corrected chi connectivity index (χ4v) is 4.94. The second-order valence-electron chi connectivity index (χ2n) is 11.2. The van der Waals surface area contributed by atoms with Crippen LogP contribution >= 0.6 is 0 Å². The zero-order valence-corrected chi connectivity index (χ0v) is 24.6. The average Bonchev–Trinajstić information content (AvgIpc) is 3.00. The summed E-state index contributed by atoms with van der Waals surface area (Å²) in [7, 11) is 0. The van der Waals surface area contributed by atoms with Crippen molar-refractivity contribution in [1.82, 2.24) is 4.98 Å². The lowest BCUT2D eigenvalue weighted by Crippen LogP contribution is -2.23. The number of fused-ring (bicyclic) bond motifs is 1. The molecule has 0 radical (unpaired) electrons. The lowest BCUT2D eigenvalue weighted by atomic mass is 9.95. The van der Waals surface area contributed by atoms with Gasteiger partial charge in [0.1, 0.15) is 5.60 Å². The molecule has 5 rings (SSSR count). The van der Waals surface area contributed by atoms with Crippen LogP contribution in [-0.4, -0.2) is 29.3 Å². The zero-order chi connectivity index (χ0) is 30.6. The molecule has 214 valence electrons. The van der Waals surface area contributed by atoms with Gasteiger partial charge in [0.2, 0.25) is 6.41 Å². The summed E-state index contributed by atoms with van der Waals surface area (Å²) >= 11 is 0. The molecule has 0 saturated heterocycles. The second kappa shape index (κ2) is 12.2. The van der Waals surface area contributed by atoms with Crippen LogP contribution in [0.4, 0.5) is 5.69 Å². The van der Waals surface area contributed by atoms with E-state index in [2.05, 4.69) is 24.3 Å². The van der Waals surface area contributed by atoms with E-state index in [0.717, 1.165) is 33.9 Å². The van der Waals surface area contributed by atoms with Gasteiger partial charge in [-0.3, -0.25) is 14.5 Å². The Morgan fingerprint density at radius 1 is 0.791 bits per heavy atom. The number of anilines is 1. The van der Waals surface area contributed by atoms with Crippen LogP contribution in [0.5, 0.6) is 0 Å².